The summed E-state index contributed by atoms with van der Waals surface area (Å²) >= 11 is 0. The number of hydrogen-bond acceptors (Lipinski definition) is 2. The topological polar surface area (TPSA) is 34.1 Å². The van der Waals surface area contributed by atoms with E-state index in [1.165, 1.54) is 5.41 Å². The van der Waals surface area contributed by atoms with Crippen LogP contribution in [0.15, 0.2) is 24.1 Å². The number of allylic oxidation sites excluding steroid dienone is 1. The van der Waals surface area contributed by atoms with E-state index in [9.17, 15) is 8.42 Å². The fourth-order valence-corrected chi connectivity index (χ4v) is 3.81. The molecule has 2 nitrogen and oxygen atoms in total. The van der Waals surface area contributed by atoms with E-state index in [1.807, 2.05) is 0 Å². The van der Waals surface area contributed by atoms with E-state index in [4.69, 9.17) is 0 Å². The quantitative estimate of drug-likeness (QED) is 0.555. The summed E-state index contributed by atoms with van der Waals surface area (Å²) in [6.07, 6.45) is 5.12. The predicted molar refractivity (Wildman–Crippen MR) is 43.7 cm³/mol. The lowest BCUT2D eigenvalue weighted by Crippen LogP contribution is -2.46. The van der Waals surface area contributed by atoms with Gasteiger partial charge in [0.2, 0.25) is 0 Å². The molecular formula is C8H10O2S. The molecule has 0 saturated heterocycles. The van der Waals surface area contributed by atoms with Crippen molar-refractivity contribution < 1.29 is 8.42 Å². The van der Waals surface area contributed by atoms with Crippen LogP contribution in [0.4, 0.5) is 0 Å². The van der Waals surface area contributed by atoms with Crippen molar-refractivity contribution in [1.82, 2.24) is 0 Å². The van der Waals surface area contributed by atoms with E-state index in [0.29, 0.717) is 0 Å². The van der Waals surface area contributed by atoms with Gasteiger partial charge in [-0.15, -0.1) is 6.58 Å². The van der Waals surface area contributed by atoms with E-state index >= 15 is 0 Å². The molecule has 0 spiro atoms. The SMILES string of the molecule is C=CC12CCC1C=CS2(=O)=O. The summed E-state index contributed by atoms with van der Waals surface area (Å²) in [5, 5.41) is 1.34. The molecule has 1 fully saturated rings. The van der Waals surface area contributed by atoms with Crippen molar-refractivity contribution in [2.24, 2.45) is 5.92 Å². The third-order valence-electron chi connectivity index (χ3n) is 2.84. The summed E-state index contributed by atoms with van der Waals surface area (Å²) in [6.45, 7) is 3.59. The number of fused-ring (bicyclic) bond motifs is 1. The van der Waals surface area contributed by atoms with Crippen LogP contribution in [0.1, 0.15) is 12.8 Å². The lowest BCUT2D eigenvalue weighted by Gasteiger charge is -2.40. The van der Waals surface area contributed by atoms with Crippen molar-refractivity contribution in [3.63, 3.8) is 0 Å². The molecular weight excluding hydrogens is 160 g/mol. The normalized spacial score (nSPS) is 44.5. The first-order valence-corrected chi connectivity index (χ1v) is 5.23. The molecule has 0 amide bonds. The molecule has 0 aromatic rings. The van der Waals surface area contributed by atoms with Crippen molar-refractivity contribution in [1.29, 1.82) is 0 Å². The Hall–Kier alpha value is -0.570. The van der Waals surface area contributed by atoms with Crippen LogP contribution < -0.4 is 0 Å². The molecule has 2 unspecified atom stereocenters. The molecule has 0 N–H and O–H groups in total. The average Bonchev–Trinajstić information content (AvgIpc) is 2.01. The minimum absolute atomic E-state index is 0.213. The van der Waals surface area contributed by atoms with Crippen LogP contribution >= 0.6 is 0 Å². The van der Waals surface area contributed by atoms with Gasteiger partial charge in [-0.25, -0.2) is 8.42 Å². The third kappa shape index (κ3) is 0.601. The fraction of sp³-hybridized carbons (Fsp3) is 0.500. The zero-order valence-corrected chi connectivity index (χ0v) is 6.97. The fourth-order valence-electron chi connectivity index (χ4n) is 1.90. The summed E-state index contributed by atoms with van der Waals surface area (Å²) in [6, 6.07) is 0. The van der Waals surface area contributed by atoms with E-state index < -0.39 is 14.6 Å². The molecule has 0 bridgehead atoms. The third-order valence-corrected chi connectivity index (χ3v) is 5.09. The highest BCUT2D eigenvalue weighted by Gasteiger charge is 2.55. The molecule has 2 rings (SSSR count). The monoisotopic (exact) mass is 170 g/mol. The Morgan fingerprint density at radius 1 is 1.64 bits per heavy atom. The van der Waals surface area contributed by atoms with E-state index in [2.05, 4.69) is 6.58 Å². The largest absolute Gasteiger partial charge is 0.223 e. The van der Waals surface area contributed by atoms with Gasteiger partial charge in [0.1, 0.15) is 4.75 Å². The first-order chi connectivity index (χ1) is 5.12. The molecule has 3 heteroatoms. The van der Waals surface area contributed by atoms with Gasteiger partial charge in [-0.1, -0.05) is 12.2 Å². The summed E-state index contributed by atoms with van der Waals surface area (Å²) in [4.78, 5) is 0. The lowest BCUT2D eigenvalue weighted by atomic mass is 9.73. The second-order valence-corrected chi connectivity index (χ2v) is 5.30. The Morgan fingerprint density at radius 2 is 2.36 bits per heavy atom. The van der Waals surface area contributed by atoms with Gasteiger partial charge >= 0.3 is 0 Å². The van der Waals surface area contributed by atoms with Crippen molar-refractivity contribution >= 4 is 9.84 Å². The van der Waals surface area contributed by atoms with Crippen LogP contribution in [-0.4, -0.2) is 13.2 Å². The predicted octanol–water partition coefficient (Wildman–Crippen LogP) is 1.26. The van der Waals surface area contributed by atoms with Crippen LogP contribution in [0.3, 0.4) is 0 Å². The van der Waals surface area contributed by atoms with Crippen molar-refractivity contribution in [3.8, 4) is 0 Å². The van der Waals surface area contributed by atoms with Gasteiger partial charge in [-0.3, -0.25) is 0 Å². The first-order valence-electron chi connectivity index (χ1n) is 3.69. The zero-order valence-electron chi connectivity index (χ0n) is 6.16. The second-order valence-electron chi connectivity index (χ2n) is 3.18. The van der Waals surface area contributed by atoms with Crippen molar-refractivity contribution in [2.75, 3.05) is 0 Å². The minimum Gasteiger partial charge on any atom is -0.223 e. The molecule has 0 aromatic heterocycles. The highest BCUT2D eigenvalue weighted by molar-refractivity contribution is 7.96. The second kappa shape index (κ2) is 1.78. The molecule has 11 heavy (non-hydrogen) atoms. The van der Waals surface area contributed by atoms with Crippen LogP contribution in [-0.2, 0) is 9.84 Å². The molecule has 1 heterocycles. The van der Waals surface area contributed by atoms with Crippen molar-refractivity contribution in [3.05, 3.63) is 24.1 Å². The van der Waals surface area contributed by atoms with Crippen LogP contribution in [0.2, 0.25) is 0 Å². The Bertz CT molecular complexity index is 326. The lowest BCUT2D eigenvalue weighted by molar-refractivity contribution is 0.317. The molecule has 1 aliphatic carbocycles. The first kappa shape index (κ1) is 7.10. The molecule has 2 aliphatic rings. The Morgan fingerprint density at radius 3 is 2.64 bits per heavy atom. The summed E-state index contributed by atoms with van der Waals surface area (Å²) in [7, 11) is -3.00. The molecule has 0 aromatic carbocycles. The van der Waals surface area contributed by atoms with E-state index in [0.717, 1.165) is 12.8 Å². The summed E-state index contributed by atoms with van der Waals surface area (Å²) in [5.41, 5.74) is 0. The van der Waals surface area contributed by atoms with Crippen LogP contribution in [0.25, 0.3) is 0 Å². The zero-order chi connectivity index (χ0) is 8.11. The standard InChI is InChI=1S/C8H10O2S/c1-2-8-5-3-7(8)4-6-11(8,9)10/h2,4,6-7H,1,3,5H2. The van der Waals surface area contributed by atoms with Gasteiger partial charge < -0.3 is 0 Å². The maximum absolute atomic E-state index is 11.4. The van der Waals surface area contributed by atoms with E-state index in [1.54, 1.807) is 12.2 Å². The summed E-state index contributed by atoms with van der Waals surface area (Å²) < 4.78 is 22.2. The van der Waals surface area contributed by atoms with Crippen LogP contribution in [0, 0.1) is 5.92 Å². The molecule has 60 valence electrons. The average molecular weight is 170 g/mol. The number of sulfone groups is 1. The van der Waals surface area contributed by atoms with Gasteiger partial charge in [-0.05, 0) is 12.8 Å². The smallest absolute Gasteiger partial charge is 0.181 e. The van der Waals surface area contributed by atoms with Gasteiger partial charge in [0.05, 0.1) is 0 Å². The van der Waals surface area contributed by atoms with E-state index in [-0.39, 0.29) is 5.92 Å². The molecule has 1 aliphatic heterocycles. The Labute approximate surface area is 66.5 Å². The van der Waals surface area contributed by atoms with Crippen LogP contribution in [0.5, 0.6) is 0 Å². The maximum Gasteiger partial charge on any atom is 0.181 e. The van der Waals surface area contributed by atoms with Gasteiger partial charge in [0.15, 0.2) is 9.84 Å². The molecule has 0 radical (unpaired) electrons. The molecule has 2 atom stereocenters. The Balaban J connectivity index is 2.56. The van der Waals surface area contributed by atoms with Gasteiger partial charge in [-0.2, -0.15) is 0 Å². The summed E-state index contributed by atoms with van der Waals surface area (Å²) in [5.74, 6) is 0.213. The number of hydrogen-bond donors (Lipinski definition) is 0. The molecule has 1 saturated carbocycles. The highest BCUT2D eigenvalue weighted by Crippen LogP contribution is 2.51. The van der Waals surface area contributed by atoms with Crippen molar-refractivity contribution in [2.45, 2.75) is 17.6 Å². The highest BCUT2D eigenvalue weighted by atomic mass is 32.2. The number of rotatable bonds is 1. The Kier molecular flexibility index (Phi) is 1.15. The van der Waals surface area contributed by atoms with Gasteiger partial charge in [0, 0.05) is 11.3 Å². The minimum atomic E-state index is -3.00. The van der Waals surface area contributed by atoms with Gasteiger partial charge in [0.25, 0.3) is 0 Å². The maximum atomic E-state index is 11.4.